The minimum atomic E-state index is -0.291. The van der Waals surface area contributed by atoms with Gasteiger partial charge in [-0.1, -0.05) is 0 Å². The number of amides is 1. The van der Waals surface area contributed by atoms with Crippen LogP contribution in [0.25, 0.3) is 11.0 Å². The number of hydrogen-bond donors (Lipinski definition) is 0. The van der Waals surface area contributed by atoms with E-state index in [4.69, 9.17) is 11.6 Å². The van der Waals surface area contributed by atoms with Gasteiger partial charge in [-0.05, 0) is 18.6 Å². The predicted octanol–water partition coefficient (Wildman–Crippen LogP) is 2.75. The number of fused-ring (bicyclic) bond motifs is 1. The summed E-state index contributed by atoms with van der Waals surface area (Å²) in [4.78, 5) is 17.9. The number of likely N-dealkylation sites (tertiary alicyclic amines) is 1. The molecule has 1 aromatic carbocycles. The molecule has 4 nitrogen and oxygen atoms in total. The molecular formula is C15H17ClFN3O. The molecule has 0 saturated carbocycles. The Hall–Kier alpha value is -1.62. The fraction of sp³-hybridized carbons (Fsp3) is 0.467. The lowest BCUT2D eigenvalue weighted by Crippen LogP contribution is -2.38. The number of alkyl halides is 1. The van der Waals surface area contributed by atoms with E-state index in [1.165, 1.54) is 12.1 Å². The highest BCUT2D eigenvalue weighted by atomic mass is 35.5. The van der Waals surface area contributed by atoms with Gasteiger partial charge in [0.1, 0.15) is 11.6 Å². The van der Waals surface area contributed by atoms with Gasteiger partial charge in [-0.2, -0.15) is 0 Å². The first-order chi connectivity index (χ1) is 10.1. The van der Waals surface area contributed by atoms with Crippen molar-refractivity contribution >= 4 is 28.5 Å². The van der Waals surface area contributed by atoms with Crippen LogP contribution >= 0.6 is 11.6 Å². The van der Waals surface area contributed by atoms with Crippen molar-refractivity contribution < 1.29 is 9.18 Å². The first-order valence-electron chi connectivity index (χ1n) is 7.06. The Bertz CT molecular complexity index is 685. The molecule has 21 heavy (non-hydrogen) atoms. The Morgan fingerprint density at radius 2 is 2.29 bits per heavy atom. The minimum Gasteiger partial charge on any atom is -0.344 e. The number of halogens is 2. The van der Waals surface area contributed by atoms with Crippen LogP contribution in [0.5, 0.6) is 0 Å². The van der Waals surface area contributed by atoms with Gasteiger partial charge in [-0.25, -0.2) is 9.37 Å². The van der Waals surface area contributed by atoms with E-state index in [0.717, 1.165) is 17.8 Å². The second-order valence-electron chi connectivity index (χ2n) is 5.44. The molecule has 1 aliphatic heterocycles. The topological polar surface area (TPSA) is 38.1 Å². The molecule has 1 unspecified atom stereocenters. The molecule has 1 aromatic heterocycles. The molecule has 1 fully saturated rings. The Kier molecular flexibility index (Phi) is 3.85. The van der Waals surface area contributed by atoms with Gasteiger partial charge < -0.3 is 9.47 Å². The van der Waals surface area contributed by atoms with E-state index < -0.39 is 0 Å². The van der Waals surface area contributed by atoms with E-state index in [0.29, 0.717) is 30.8 Å². The molecule has 2 aromatic rings. The summed E-state index contributed by atoms with van der Waals surface area (Å²) < 4.78 is 15.5. The van der Waals surface area contributed by atoms with Crippen molar-refractivity contribution in [3.63, 3.8) is 0 Å². The standard InChI is InChI=1S/C15H17ClFN3O/c1-19-9-11(3-5-15(19)21)20-13-4-2-10(17)8-12(13)18-14(20)6-7-16/h2,4,8,11H,3,5-7,9H2,1H3. The fourth-order valence-electron chi connectivity index (χ4n) is 2.99. The van der Waals surface area contributed by atoms with Crippen LogP contribution in [0.2, 0.25) is 0 Å². The minimum absolute atomic E-state index is 0.167. The van der Waals surface area contributed by atoms with Gasteiger partial charge in [0.15, 0.2) is 0 Å². The van der Waals surface area contributed by atoms with Crippen LogP contribution < -0.4 is 0 Å². The Labute approximate surface area is 127 Å². The van der Waals surface area contributed by atoms with Crippen LogP contribution in [0.1, 0.15) is 24.7 Å². The molecule has 1 amide bonds. The first-order valence-corrected chi connectivity index (χ1v) is 7.60. The maximum absolute atomic E-state index is 13.4. The highest BCUT2D eigenvalue weighted by molar-refractivity contribution is 6.17. The average molecular weight is 310 g/mol. The molecule has 0 N–H and O–H groups in total. The van der Waals surface area contributed by atoms with Gasteiger partial charge in [0.05, 0.1) is 17.1 Å². The molecule has 2 heterocycles. The number of carbonyl (C=O) groups excluding carboxylic acids is 1. The normalized spacial score (nSPS) is 19.5. The molecule has 1 saturated heterocycles. The van der Waals surface area contributed by atoms with E-state index in [9.17, 15) is 9.18 Å². The molecule has 0 spiro atoms. The molecule has 3 rings (SSSR count). The lowest BCUT2D eigenvalue weighted by Gasteiger charge is -2.31. The SMILES string of the molecule is CN1CC(n2c(CCCl)nc3cc(F)ccc32)CCC1=O. The van der Waals surface area contributed by atoms with E-state index in [-0.39, 0.29) is 17.8 Å². The fourth-order valence-corrected chi connectivity index (χ4v) is 3.16. The number of nitrogens with zero attached hydrogens (tertiary/aromatic N) is 3. The third-order valence-corrected chi connectivity index (χ3v) is 4.20. The summed E-state index contributed by atoms with van der Waals surface area (Å²) in [6, 6.07) is 4.82. The molecule has 1 atom stereocenters. The number of piperidine rings is 1. The van der Waals surface area contributed by atoms with Crippen molar-refractivity contribution in [2.24, 2.45) is 0 Å². The summed E-state index contributed by atoms with van der Waals surface area (Å²) in [6.07, 6.45) is 1.94. The lowest BCUT2D eigenvalue weighted by atomic mass is 10.0. The van der Waals surface area contributed by atoms with E-state index >= 15 is 0 Å². The number of imidazole rings is 1. The smallest absolute Gasteiger partial charge is 0.222 e. The molecule has 6 heteroatoms. The summed E-state index contributed by atoms with van der Waals surface area (Å²) in [7, 11) is 1.81. The maximum atomic E-state index is 13.4. The van der Waals surface area contributed by atoms with Gasteiger partial charge >= 0.3 is 0 Å². The van der Waals surface area contributed by atoms with E-state index in [2.05, 4.69) is 9.55 Å². The summed E-state index contributed by atoms with van der Waals surface area (Å²) in [5, 5.41) is 0. The zero-order valence-electron chi connectivity index (χ0n) is 11.9. The zero-order valence-corrected chi connectivity index (χ0v) is 12.6. The third kappa shape index (κ3) is 2.62. The number of aromatic nitrogens is 2. The number of rotatable bonds is 3. The molecular weight excluding hydrogens is 293 g/mol. The van der Waals surface area contributed by atoms with Crippen LogP contribution in [0.15, 0.2) is 18.2 Å². The highest BCUT2D eigenvalue weighted by Gasteiger charge is 2.27. The van der Waals surface area contributed by atoms with Crippen LogP contribution in [-0.4, -0.2) is 39.8 Å². The van der Waals surface area contributed by atoms with Gasteiger partial charge in [0.2, 0.25) is 5.91 Å². The summed E-state index contributed by atoms with van der Waals surface area (Å²) in [5.74, 6) is 1.20. The van der Waals surface area contributed by atoms with E-state index in [1.807, 2.05) is 7.05 Å². The van der Waals surface area contributed by atoms with Crippen molar-refractivity contribution in [3.8, 4) is 0 Å². The predicted molar refractivity (Wildman–Crippen MR) is 80.0 cm³/mol. The van der Waals surface area contributed by atoms with Crippen molar-refractivity contribution in [1.82, 2.24) is 14.5 Å². The quantitative estimate of drug-likeness (QED) is 0.818. The second-order valence-corrected chi connectivity index (χ2v) is 5.81. The van der Waals surface area contributed by atoms with Crippen LogP contribution in [0, 0.1) is 5.82 Å². The third-order valence-electron chi connectivity index (χ3n) is 4.01. The molecule has 0 bridgehead atoms. The molecule has 1 aliphatic rings. The molecule has 0 aliphatic carbocycles. The molecule has 0 radical (unpaired) electrons. The van der Waals surface area contributed by atoms with Crippen molar-refractivity contribution in [1.29, 1.82) is 0 Å². The van der Waals surface area contributed by atoms with Gasteiger partial charge in [-0.3, -0.25) is 4.79 Å². The average Bonchev–Trinajstić information content (AvgIpc) is 2.79. The Morgan fingerprint density at radius 1 is 1.48 bits per heavy atom. The second kappa shape index (κ2) is 5.64. The number of hydrogen-bond acceptors (Lipinski definition) is 2. The largest absolute Gasteiger partial charge is 0.344 e. The van der Waals surface area contributed by atoms with Gasteiger partial charge in [0.25, 0.3) is 0 Å². The Balaban J connectivity index is 2.06. The number of likely N-dealkylation sites (N-methyl/N-ethyl adjacent to an activating group) is 1. The van der Waals surface area contributed by atoms with Crippen LogP contribution in [-0.2, 0) is 11.2 Å². The van der Waals surface area contributed by atoms with E-state index in [1.54, 1.807) is 11.0 Å². The number of carbonyl (C=O) groups is 1. The molecule has 112 valence electrons. The highest BCUT2D eigenvalue weighted by Crippen LogP contribution is 2.28. The van der Waals surface area contributed by atoms with Crippen LogP contribution in [0.3, 0.4) is 0 Å². The summed E-state index contributed by atoms with van der Waals surface area (Å²) >= 11 is 5.87. The van der Waals surface area contributed by atoms with Crippen molar-refractivity contribution in [2.45, 2.75) is 25.3 Å². The number of benzene rings is 1. The Morgan fingerprint density at radius 3 is 3.00 bits per heavy atom. The van der Waals surface area contributed by atoms with Gasteiger partial charge in [-0.15, -0.1) is 11.6 Å². The number of aryl methyl sites for hydroxylation is 1. The van der Waals surface area contributed by atoms with Crippen molar-refractivity contribution in [2.75, 3.05) is 19.5 Å². The monoisotopic (exact) mass is 309 g/mol. The summed E-state index contributed by atoms with van der Waals surface area (Å²) in [6.45, 7) is 0.650. The summed E-state index contributed by atoms with van der Waals surface area (Å²) in [5.41, 5.74) is 1.55. The first kappa shape index (κ1) is 14.3. The zero-order chi connectivity index (χ0) is 15.0. The van der Waals surface area contributed by atoms with Crippen molar-refractivity contribution in [3.05, 3.63) is 29.8 Å². The van der Waals surface area contributed by atoms with Crippen LogP contribution in [0.4, 0.5) is 4.39 Å². The maximum Gasteiger partial charge on any atom is 0.222 e. The lowest BCUT2D eigenvalue weighted by molar-refractivity contribution is -0.132. The van der Waals surface area contributed by atoms with Gasteiger partial charge in [0, 0.05) is 38.4 Å².